The van der Waals surface area contributed by atoms with Crippen LogP contribution in [0.2, 0.25) is 0 Å². The summed E-state index contributed by atoms with van der Waals surface area (Å²) in [5.41, 5.74) is -1.76. The van der Waals surface area contributed by atoms with E-state index >= 15 is 0 Å². The molecule has 0 radical (unpaired) electrons. The summed E-state index contributed by atoms with van der Waals surface area (Å²) in [6.07, 6.45) is 0.106. The number of aliphatic hydroxyl groups is 1. The van der Waals surface area contributed by atoms with Crippen molar-refractivity contribution in [3.63, 3.8) is 0 Å². The van der Waals surface area contributed by atoms with Gasteiger partial charge in [0.1, 0.15) is 5.60 Å². The van der Waals surface area contributed by atoms with Crippen LogP contribution >= 0.6 is 0 Å². The number of ketones is 1. The first-order valence-electron chi connectivity index (χ1n) is 8.08. The van der Waals surface area contributed by atoms with Crippen LogP contribution in [-0.4, -0.2) is 35.9 Å². The van der Waals surface area contributed by atoms with Crippen LogP contribution in [0.1, 0.15) is 22.3 Å². The Labute approximate surface area is 147 Å². The molecule has 3 nitrogen and oxygen atoms in total. The Morgan fingerprint density at radius 1 is 1.04 bits per heavy atom. The van der Waals surface area contributed by atoms with Crippen LogP contribution in [0.4, 0.5) is 17.6 Å². The van der Waals surface area contributed by atoms with E-state index in [1.165, 1.54) is 6.07 Å². The second kappa shape index (κ2) is 6.81. The number of benzene rings is 2. The zero-order chi connectivity index (χ0) is 19.1. The van der Waals surface area contributed by atoms with Crippen LogP contribution in [0.3, 0.4) is 0 Å². The predicted octanol–water partition coefficient (Wildman–Crippen LogP) is 3.27. The van der Waals surface area contributed by atoms with E-state index in [2.05, 4.69) is 0 Å². The summed E-state index contributed by atoms with van der Waals surface area (Å²) in [5.74, 6) is -6.09. The predicted molar refractivity (Wildman–Crippen MR) is 86.5 cm³/mol. The number of hydrogen-bond donors (Lipinski definition) is 1. The number of carbonyl (C=O) groups excluding carboxylic acids is 1. The van der Waals surface area contributed by atoms with Crippen molar-refractivity contribution in [3.05, 3.63) is 70.8 Å². The van der Waals surface area contributed by atoms with Gasteiger partial charge >= 0.3 is 0 Å². The third-order valence-electron chi connectivity index (χ3n) is 4.89. The smallest absolute Gasteiger partial charge is 0.170 e. The third kappa shape index (κ3) is 3.24. The van der Waals surface area contributed by atoms with Crippen LogP contribution in [-0.2, 0) is 5.60 Å². The zero-order valence-corrected chi connectivity index (χ0v) is 14.0. The molecule has 7 heteroatoms. The van der Waals surface area contributed by atoms with Gasteiger partial charge in [0.05, 0.1) is 5.92 Å². The number of piperidine rings is 1. The molecule has 0 aliphatic carbocycles. The molecule has 0 bridgehead atoms. The van der Waals surface area contributed by atoms with Crippen molar-refractivity contribution in [1.29, 1.82) is 0 Å². The molecule has 1 aliphatic rings. The Morgan fingerprint density at radius 3 is 2.27 bits per heavy atom. The summed E-state index contributed by atoms with van der Waals surface area (Å²) in [6, 6.07) is 5.74. The van der Waals surface area contributed by atoms with Crippen LogP contribution in [0.15, 0.2) is 36.4 Å². The van der Waals surface area contributed by atoms with Crippen molar-refractivity contribution < 1.29 is 27.5 Å². The second-order valence-electron chi connectivity index (χ2n) is 6.61. The van der Waals surface area contributed by atoms with Gasteiger partial charge < -0.3 is 10.0 Å². The van der Waals surface area contributed by atoms with Gasteiger partial charge in [-0.25, -0.2) is 17.6 Å². The lowest BCUT2D eigenvalue weighted by molar-refractivity contribution is -0.0596. The number of halogens is 4. The molecule has 1 heterocycles. The highest BCUT2D eigenvalue weighted by Gasteiger charge is 2.46. The van der Waals surface area contributed by atoms with Gasteiger partial charge in [-0.2, -0.15) is 0 Å². The summed E-state index contributed by atoms with van der Waals surface area (Å²) >= 11 is 0. The molecule has 1 saturated heterocycles. The van der Waals surface area contributed by atoms with Crippen molar-refractivity contribution in [2.24, 2.45) is 5.92 Å². The summed E-state index contributed by atoms with van der Waals surface area (Å²) in [7, 11) is 1.75. The Kier molecular flexibility index (Phi) is 4.86. The molecule has 0 aromatic heterocycles. The first-order valence-corrected chi connectivity index (χ1v) is 8.08. The highest BCUT2D eigenvalue weighted by molar-refractivity contribution is 5.99. The van der Waals surface area contributed by atoms with Gasteiger partial charge in [-0.05, 0) is 49.4 Å². The van der Waals surface area contributed by atoms with E-state index in [1.54, 1.807) is 11.9 Å². The molecule has 1 fully saturated rings. The Balaban J connectivity index is 2.03. The molecule has 0 amide bonds. The Hall–Kier alpha value is -2.25. The van der Waals surface area contributed by atoms with Crippen LogP contribution in [0.5, 0.6) is 0 Å². The van der Waals surface area contributed by atoms with Crippen molar-refractivity contribution >= 4 is 5.78 Å². The second-order valence-corrected chi connectivity index (χ2v) is 6.61. The highest BCUT2D eigenvalue weighted by atomic mass is 19.2. The van der Waals surface area contributed by atoms with E-state index in [0.29, 0.717) is 6.54 Å². The number of hydrogen-bond acceptors (Lipinski definition) is 3. The van der Waals surface area contributed by atoms with Crippen LogP contribution in [0.25, 0.3) is 0 Å². The SMILES string of the molecule is CN1CCC(O)(c2ccc(F)c(F)c2)C(C(=O)c2ccc(F)c(F)c2)C1. The lowest BCUT2D eigenvalue weighted by atomic mass is 9.72. The fraction of sp³-hybridized carbons (Fsp3) is 0.316. The highest BCUT2D eigenvalue weighted by Crippen LogP contribution is 2.39. The molecule has 2 aromatic carbocycles. The molecule has 2 atom stereocenters. The number of Topliss-reactive ketones (excluding diaryl/α,β-unsaturated/α-hetero) is 1. The van der Waals surface area contributed by atoms with Gasteiger partial charge in [-0.3, -0.25) is 4.79 Å². The molecule has 0 spiro atoms. The molecule has 1 N–H and O–H groups in total. The fourth-order valence-corrected chi connectivity index (χ4v) is 3.35. The van der Waals surface area contributed by atoms with E-state index in [-0.39, 0.29) is 24.1 Å². The van der Waals surface area contributed by atoms with Crippen molar-refractivity contribution in [2.75, 3.05) is 20.1 Å². The molecule has 1 aliphatic heterocycles. The van der Waals surface area contributed by atoms with E-state index in [4.69, 9.17) is 0 Å². The number of carbonyl (C=O) groups is 1. The average molecular weight is 367 g/mol. The maximum Gasteiger partial charge on any atom is 0.170 e. The maximum atomic E-state index is 13.7. The molecule has 26 heavy (non-hydrogen) atoms. The quantitative estimate of drug-likeness (QED) is 0.669. The molecular formula is C19H17F4NO2. The van der Waals surface area contributed by atoms with Gasteiger partial charge in [-0.15, -0.1) is 0 Å². The van der Waals surface area contributed by atoms with Gasteiger partial charge in [-0.1, -0.05) is 6.07 Å². The van der Waals surface area contributed by atoms with Crippen molar-refractivity contribution in [3.8, 4) is 0 Å². The van der Waals surface area contributed by atoms with Gasteiger partial charge in [0.2, 0.25) is 0 Å². The van der Waals surface area contributed by atoms with E-state index in [1.807, 2.05) is 0 Å². The molecule has 2 unspecified atom stereocenters. The van der Waals surface area contributed by atoms with E-state index < -0.39 is 40.6 Å². The molecule has 2 aromatic rings. The average Bonchev–Trinajstić information content (AvgIpc) is 2.61. The number of likely N-dealkylation sites (tertiary alicyclic amines) is 1. The van der Waals surface area contributed by atoms with Crippen molar-refractivity contribution in [1.82, 2.24) is 4.90 Å². The fourth-order valence-electron chi connectivity index (χ4n) is 3.35. The van der Waals surface area contributed by atoms with Crippen molar-refractivity contribution in [2.45, 2.75) is 12.0 Å². The third-order valence-corrected chi connectivity index (χ3v) is 4.89. The Morgan fingerprint density at radius 2 is 1.65 bits per heavy atom. The topological polar surface area (TPSA) is 40.5 Å². The van der Waals surface area contributed by atoms with Gasteiger partial charge in [0.25, 0.3) is 0 Å². The largest absolute Gasteiger partial charge is 0.384 e. The monoisotopic (exact) mass is 367 g/mol. The minimum atomic E-state index is -1.75. The summed E-state index contributed by atoms with van der Waals surface area (Å²) in [5, 5.41) is 11.2. The summed E-state index contributed by atoms with van der Waals surface area (Å²) in [4.78, 5) is 14.7. The van der Waals surface area contributed by atoms with Crippen LogP contribution < -0.4 is 0 Å². The normalized spacial score (nSPS) is 23.8. The Bertz CT molecular complexity index is 857. The van der Waals surface area contributed by atoms with E-state index in [9.17, 15) is 27.5 Å². The standard InChI is InChI=1S/C19H17F4NO2/c1-24-7-6-19(26,12-3-5-15(21)17(23)9-12)13(10-24)18(25)11-2-4-14(20)16(22)8-11/h2-5,8-9,13,26H,6-7,10H2,1H3. The number of nitrogens with zero attached hydrogens (tertiary/aromatic N) is 1. The molecule has 3 rings (SSSR count). The van der Waals surface area contributed by atoms with E-state index in [0.717, 1.165) is 30.3 Å². The zero-order valence-electron chi connectivity index (χ0n) is 14.0. The maximum absolute atomic E-state index is 13.7. The summed E-state index contributed by atoms with van der Waals surface area (Å²) in [6.45, 7) is 0.560. The molecule has 0 saturated carbocycles. The van der Waals surface area contributed by atoms with Gasteiger partial charge in [0.15, 0.2) is 29.1 Å². The minimum Gasteiger partial charge on any atom is -0.384 e. The first kappa shape index (κ1) is 18.5. The van der Waals surface area contributed by atoms with Crippen LogP contribution in [0, 0.1) is 29.2 Å². The minimum absolute atomic E-state index is 0.0745. The molecular weight excluding hydrogens is 350 g/mol. The lowest BCUT2D eigenvalue weighted by Gasteiger charge is -2.43. The first-order chi connectivity index (χ1) is 12.2. The van der Waals surface area contributed by atoms with Gasteiger partial charge in [0, 0.05) is 18.7 Å². The molecule has 138 valence electrons. The summed E-state index contributed by atoms with van der Waals surface area (Å²) < 4.78 is 53.6. The lowest BCUT2D eigenvalue weighted by Crippen LogP contribution is -2.52. The number of rotatable bonds is 3.